The van der Waals surface area contributed by atoms with E-state index in [2.05, 4.69) is 10.1 Å². The fourth-order valence-corrected chi connectivity index (χ4v) is 3.97. The molecule has 1 amide bonds. The average molecular weight is 560 g/mol. The van der Waals surface area contributed by atoms with Gasteiger partial charge in [0.25, 0.3) is 5.91 Å². The smallest absolute Gasteiger partial charge is 0.489 e. The maximum Gasteiger partial charge on any atom is 0.573 e. The van der Waals surface area contributed by atoms with Crippen LogP contribution in [0.1, 0.15) is 74.9 Å². The Balaban J connectivity index is 1.81. The molecule has 0 unspecified atom stereocenters. The van der Waals surface area contributed by atoms with Gasteiger partial charge < -0.3 is 19.5 Å². The quantitative estimate of drug-likeness (QED) is 0.266. The third-order valence-electron chi connectivity index (χ3n) is 5.53. The van der Waals surface area contributed by atoms with Gasteiger partial charge in [-0.15, -0.1) is 13.2 Å². The van der Waals surface area contributed by atoms with Gasteiger partial charge in [-0.2, -0.15) is 0 Å². The van der Waals surface area contributed by atoms with Crippen LogP contribution in [-0.4, -0.2) is 29.9 Å². The summed E-state index contributed by atoms with van der Waals surface area (Å²) in [4.78, 5) is 25.6. The summed E-state index contributed by atoms with van der Waals surface area (Å²) in [6, 6.07) is 5.01. The van der Waals surface area contributed by atoms with Crippen LogP contribution in [0.2, 0.25) is 5.02 Å². The minimum atomic E-state index is -4.89. The molecule has 0 aliphatic heterocycles. The predicted molar refractivity (Wildman–Crippen MR) is 133 cm³/mol. The molecule has 0 bridgehead atoms. The van der Waals surface area contributed by atoms with Crippen molar-refractivity contribution in [1.82, 2.24) is 5.32 Å². The van der Waals surface area contributed by atoms with Crippen LogP contribution in [0.3, 0.4) is 0 Å². The van der Waals surface area contributed by atoms with Crippen LogP contribution in [0.15, 0.2) is 30.3 Å². The van der Waals surface area contributed by atoms with E-state index in [1.54, 1.807) is 34.6 Å². The van der Waals surface area contributed by atoms with Gasteiger partial charge in [0.15, 0.2) is 0 Å². The van der Waals surface area contributed by atoms with Crippen LogP contribution in [0.4, 0.5) is 17.6 Å². The topological polar surface area (TPSA) is 73.9 Å². The fourth-order valence-electron chi connectivity index (χ4n) is 3.72. The van der Waals surface area contributed by atoms with Gasteiger partial charge in [-0.1, -0.05) is 25.4 Å². The molecule has 0 saturated heterocycles. The predicted octanol–water partition coefficient (Wildman–Crippen LogP) is 6.93. The molecular weight excluding hydrogens is 530 g/mol. The molecule has 1 aliphatic rings. The minimum Gasteiger partial charge on any atom is -0.489 e. The van der Waals surface area contributed by atoms with E-state index in [0.717, 1.165) is 31.0 Å². The number of hydrogen-bond acceptors (Lipinski definition) is 5. The summed E-state index contributed by atoms with van der Waals surface area (Å²) in [6.07, 6.45) is -3.29. The van der Waals surface area contributed by atoms with Gasteiger partial charge in [0.05, 0.1) is 5.56 Å². The zero-order valence-corrected chi connectivity index (χ0v) is 22.4. The third kappa shape index (κ3) is 8.51. The highest BCUT2D eigenvalue weighted by Crippen LogP contribution is 2.45. The molecule has 1 saturated carbocycles. The zero-order chi connectivity index (χ0) is 28.4. The van der Waals surface area contributed by atoms with Crippen molar-refractivity contribution in [2.24, 2.45) is 5.92 Å². The summed E-state index contributed by atoms with van der Waals surface area (Å²) in [7, 11) is 0. The van der Waals surface area contributed by atoms with Crippen molar-refractivity contribution in [3.8, 4) is 11.5 Å². The van der Waals surface area contributed by atoms with E-state index in [0.29, 0.717) is 5.56 Å². The molecule has 0 radical (unpaired) electrons. The number of halogens is 5. The molecule has 1 aliphatic carbocycles. The zero-order valence-electron chi connectivity index (χ0n) is 21.7. The van der Waals surface area contributed by atoms with E-state index in [4.69, 9.17) is 21.1 Å². The Hall–Kier alpha value is -3.01. The summed E-state index contributed by atoms with van der Waals surface area (Å²) in [6.45, 7) is 8.37. The second kappa shape index (κ2) is 11.4. The number of benzene rings is 2. The molecule has 11 heteroatoms. The van der Waals surface area contributed by atoms with Crippen LogP contribution in [0.25, 0.3) is 0 Å². The molecule has 6 nitrogen and oxygen atoms in total. The summed E-state index contributed by atoms with van der Waals surface area (Å²) in [5.74, 6) is -2.90. The molecular formula is C27H30ClF4NO5. The van der Waals surface area contributed by atoms with Crippen molar-refractivity contribution >= 4 is 23.5 Å². The monoisotopic (exact) mass is 559 g/mol. The normalized spacial score (nSPS) is 14.7. The first kappa shape index (κ1) is 29.5. The molecule has 2 aromatic rings. The van der Waals surface area contributed by atoms with E-state index in [-0.39, 0.29) is 40.3 Å². The highest BCUT2D eigenvalue weighted by molar-refractivity contribution is 6.30. The lowest BCUT2D eigenvalue weighted by Gasteiger charge is -2.26. The van der Waals surface area contributed by atoms with Gasteiger partial charge in [-0.25, -0.2) is 9.18 Å². The number of nitrogens with one attached hydrogen (secondary N) is 1. The first-order chi connectivity index (χ1) is 17.5. The van der Waals surface area contributed by atoms with Crippen LogP contribution in [0.5, 0.6) is 11.5 Å². The molecule has 1 fully saturated rings. The number of amides is 1. The maximum absolute atomic E-state index is 15.1. The molecule has 38 heavy (non-hydrogen) atoms. The lowest BCUT2D eigenvalue weighted by molar-refractivity contribution is -0.274. The number of rotatable bonds is 9. The van der Waals surface area contributed by atoms with Crippen molar-refractivity contribution in [2.45, 2.75) is 78.0 Å². The van der Waals surface area contributed by atoms with E-state index in [9.17, 15) is 22.8 Å². The summed E-state index contributed by atoms with van der Waals surface area (Å²) in [5, 5.41) is 2.59. The van der Waals surface area contributed by atoms with Gasteiger partial charge in [0.1, 0.15) is 35.6 Å². The molecule has 2 aromatic carbocycles. The fraction of sp³-hybridized carbons (Fsp3) is 0.481. The van der Waals surface area contributed by atoms with Crippen LogP contribution in [-0.2, 0) is 16.1 Å². The lowest BCUT2D eigenvalue weighted by Crippen LogP contribution is -2.47. The standard InChI is InChI=1S/C27H30ClF4NO5/c1-14(2)23(25(35)38-26(3,4)5)33-24(34)20-11-19(16-6-7-16)22(12-21(20)29)36-13-15-8-17(28)10-18(9-15)37-27(30,31)32/h8-12,14,16,23H,6-7,13H2,1-5H3,(H,33,34)/t23-/m0/s1. The lowest BCUT2D eigenvalue weighted by atomic mass is 10.0. The van der Waals surface area contributed by atoms with Gasteiger partial charge in [-0.05, 0) is 80.8 Å². The van der Waals surface area contributed by atoms with Gasteiger partial charge in [0, 0.05) is 11.1 Å². The highest BCUT2D eigenvalue weighted by atomic mass is 35.5. The molecule has 0 heterocycles. The molecule has 0 spiro atoms. The number of hydrogen-bond donors (Lipinski definition) is 1. The molecule has 3 rings (SSSR count). The van der Waals surface area contributed by atoms with Crippen molar-refractivity contribution < 1.29 is 41.4 Å². The number of carbonyl (C=O) groups excluding carboxylic acids is 2. The Kier molecular flexibility index (Phi) is 8.86. The van der Waals surface area contributed by atoms with Crippen LogP contribution >= 0.6 is 11.6 Å². The van der Waals surface area contributed by atoms with E-state index in [1.165, 1.54) is 12.1 Å². The van der Waals surface area contributed by atoms with Crippen LogP contribution in [0, 0.1) is 11.7 Å². The van der Waals surface area contributed by atoms with Crippen molar-refractivity contribution in [3.05, 3.63) is 57.9 Å². The molecule has 208 valence electrons. The number of esters is 1. The third-order valence-corrected chi connectivity index (χ3v) is 5.75. The summed E-state index contributed by atoms with van der Waals surface area (Å²) >= 11 is 5.91. The number of carbonyl (C=O) groups is 2. The Morgan fingerprint density at radius 2 is 1.74 bits per heavy atom. The summed E-state index contributed by atoms with van der Waals surface area (Å²) in [5.41, 5.74) is -0.153. The SMILES string of the molecule is CC(C)[C@H](NC(=O)c1cc(C2CC2)c(OCc2cc(Cl)cc(OC(F)(F)F)c2)cc1F)C(=O)OC(C)(C)C. The van der Waals surface area contributed by atoms with E-state index < -0.39 is 41.4 Å². The number of ether oxygens (including phenoxy) is 3. The maximum atomic E-state index is 15.1. The second-order valence-corrected chi connectivity index (χ2v) is 10.9. The number of alkyl halides is 3. The Morgan fingerprint density at radius 1 is 1.08 bits per heavy atom. The second-order valence-electron chi connectivity index (χ2n) is 10.5. The average Bonchev–Trinajstić information content (AvgIpc) is 3.58. The Labute approximate surface area is 223 Å². The molecule has 0 aromatic heterocycles. The Morgan fingerprint density at radius 3 is 2.29 bits per heavy atom. The first-order valence-electron chi connectivity index (χ1n) is 12.1. The highest BCUT2D eigenvalue weighted by Gasteiger charge is 2.33. The van der Waals surface area contributed by atoms with E-state index >= 15 is 4.39 Å². The molecule has 1 N–H and O–H groups in total. The van der Waals surface area contributed by atoms with Gasteiger partial charge >= 0.3 is 12.3 Å². The van der Waals surface area contributed by atoms with Crippen molar-refractivity contribution in [1.29, 1.82) is 0 Å². The van der Waals surface area contributed by atoms with E-state index in [1.807, 2.05) is 0 Å². The largest absolute Gasteiger partial charge is 0.573 e. The Bertz CT molecular complexity index is 1190. The van der Waals surface area contributed by atoms with Crippen molar-refractivity contribution in [3.63, 3.8) is 0 Å². The van der Waals surface area contributed by atoms with Crippen LogP contribution < -0.4 is 14.8 Å². The minimum absolute atomic E-state index is 0.00987. The van der Waals surface area contributed by atoms with Gasteiger partial charge in [0.2, 0.25) is 0 Å². The first-order valence-corrected chi connectivity index (χ1v) is 12.5. The molecule has 1 atom stereocenters. The van der Waals surface area contributed by atoms with Gasteiger partial charge in [-0.3, -0.25) is 4.79 Å². The van der Waals surface area contributed by atoms with Crippen molar-refractivity contribution in [2.75, 3.05) is 0 Å². The summed E-state index contributed by atoms with van der Waals surface area (Å²) < 4.78 is 68.0.